The molecule has 1 aliphatic heterocycles. The molecule has 1 saturated heterocycles. The Labute approximate surface area is 113 Å². The number of aryl methyl sites for hydroxylation is 2. The summed E-state index contributed by atoms with van der Waals surface area (Å²) in [6, 6.07) is 0. The van der Waals surface area contributed by atoms with Gasteiger partial charge in [-0.3, -0.25) is 4.79 Å². The quantitative estimate of drug-likeness (QED) is 0.906. The Kier molecular flexibility index (Phi) is 4.24. The molecule has 0 aromatic carbocycles. The van der Waals surface area contributed by atoms with Crippen LogP contribution in [0.2, 0.25) is 0 Å². The Hall–Kier alpha value is -1.36. The van der Waals surface area contributed by atoms with Crippen molar-refractivity contribution in [3.05, 3.63) is 17.3 Å². The largest absolute Gasteiger partial charge is 0.436 e. The van der Waals surface area contributed by atoms with Crippen LogP contribution >= 0.6 is 0 Å². The van der Waals surface area contributed by atoms with E-state index < -0.39 is 0 Å². The summed E-state index contributed by atoms with van der Waals surface area (Å²) in [4.78, 5) is 16.1. The number of carbonyl (C=O) groups is 1. The Morgan fingerprint density at radius 3 is 2.79 bits per heavy atom. The molecule has 2 rings (SSSR count). The average Bonchev–Trinajstić information content (AvgIpc) is 2.92. The lowest BCUT2D eigenvalue weighted by Gasteiger charge is -2.21. The molecule has 19 heavy (non-hydrogen) atoms. The summed E-state index contributed by atoms with van der Waals surface area (Å²) in [6.07, 6.45) is 1.23. The highest BCUT2D eigenvalue weighted by molar-refractivity contribution is 5.92. The normalized spacial score (nSPS) is 23.0. The van der Waals surface area contributed by atoms with Crippen molar-refractivity contribution in [2.45, 2.75) is 40.2 Å². The molecule has 0 spiro atoms. The van der Waals surface area contributed by atoms with Gasteiger partial charge in [0.2, 0.25) is 5.76 Å². The van der Waals surface area contributed by atoms with Gasteiger partial charge in [0.15, 0.2) is 5.89 Å². The van der Waals surface area contributed by atoms with Gasteiger partial charge >= 0.3 is 0 Å². The molecule has 5 heteroatoms. The maximum atomic E-state index is 12.0. The second-order valence-electron chi connectivity index (χ2n) is 5.49. The lowest BCUT2D eigenvalue weighted by Crippen LogP contribution is -2.35. The summed E-state index contributed by atoms with van der Waals surface area (Å²) in [6.45, 7) is 9.22. The van der Waals surface area contributed by atoms with Gasteiger partial charge in [-0.25, -0.2) is 4.98 Å². The molecule has 1 amide bonds. The van der Waals surface area contributed by atoms with Crippen molar-refractivity contribution in [3.8, 4) is 0 Å². The van der Waals surface area contributed by atoms with Crippen LogP contribution < -0.4 is 5.32 Å². The molecule has 5 nitrogen and oxygen atoms in total. The van der Waals surface area contributed by atoms with Crippen LogP contribution in [0.3, 0.4) is 0 Å². The number of rotatable bonds is 4. The lowest BCUT2D eigenvalue weighted by molar-refractivity contribution is 0.0531. The van der Waals surface area contributed by atoms with E-state index in [1.807, 2.05) is 0 Å². The molecule has 1 aliphatic rings. The van der Waals surface area contributed by atoms with Gasteiger partial charge in [0, 0.05) is 26.0 Å². The zero-order chi connectivity index (χ0) is 14.0. The monoisotopic (exact) mass is 266 g/mol. The number of carbonyl (C=O) groups excluding carboxylic acids is 1. The topological polar surface area (TPSA) is 64.4 Å². The third-order valence-electron chi connectivity index (χ3n) is 3.56. The van der Waals surface area contributed by atoms with Gasteiger partial charge in [-0.15, -0.1) is 0 Å². The fraction of sp³-hybridized carbons (Fsp3) is 0.714. The lowest BCUT2D eigenvalue weighted by atomic mass is 9.93. The number of nitrogens with zero attached hydrogens (tertiary/aromatic N) is 1. The molecule has 1 aromatic heterocycles. The minimum absolute atomic E-state index is 0.187. The first-order chi connectivity index (χ1) is 8.99. The van der Waals surface area contributed by atoms with Crippen LogP contribution in [0.4, 0.5) is 0 Å². The molecular weight excluding hydrogens is 244 g/mol. The van der Waals surface area contributed by atoms with Crippen molar-refractivity contribution in [1.29, 1.82) is 0 Å². The predicted octanol–water partition coefficient (Wildman–Crippen LogP) is 2.08. The molecule has 0 radical (unpaired) electrons. The molecule has 1 aromatic rings. The zero-order valence-electron chi connectivity index (χ0n) is 12.0. The Morgan fingerprint density at radius 1 is 1.47 bits per heavy atom. The zero-order valence-corrected chi connectivity index (χ0v) is 12.0. The Balaban J connectivity index is 1.92. The van der Waals surface area contributed by atoms with Crippen molar-refractivity contribution in [2.75, 3.05) is 13.2 Å². The molecular formula is C14H22N2O3. The maximum Gasteiger partial charge on any atom is 0.289 e. The minimum atomic E-state index is -0.187. The molecule has 106 valence electrons. The maximum absolute atomic E-state index is 12.0. The smallest absolute Gasteiger partial charge is 0.289 e. The number of aromatic nitrogens is 1. The van der Waals surface area contributed by atoms with E-state index in [0.29, 0.717) is 35.7 Å². The molecule has 0 unspecified atom stereocenters. The first-order valence-corrected chi connectivity index (χ1v) is 6.83. The second kappa shape index (κ2) is 5.74. The third kappa shape index (κ3) is 3.15. The number of nitrogens with one attached hydrogen (secondary N) is 1. The van der Waals surface area contributed by atoms with Crippen LogP contribution in [-0.4, -0.2) is 30.1 Å². The van der Waals surface area contributed by atoms with E-state index >= 15 is 0 Å². The first-order valence-electron chi connectivity index (χ1n) is 6.83. The second-order valence-corrected chi connectivity index (χ2v) is 5.49. The highest BCUT2D eigenvalue weighted by Gasteiger charge is 2.31. The summed E-state index contributed by atoms with van der Waals surface area (Å²) in [7, 11) is 0. The van der Waals surface area contributed by atoms with E-state index in [-0.39, 0.29) is 12.0 Å². The van der Waals surface area contributed by atoms with Gasteiger partial charge in [0.25, 0.3) is 5.91 Å². The Morgan fingerprint density at radius 2 is 2.21 bits per heavy atom. The molecule has 1 fully saturated rings. The van der Waals surface area contributed by atoms with Crippen molar-refractivity contribution in [3.63, 3.8) is 0 Å². The average molecular weight is 266 g/mol. The number of ether oxygens (including phenoxy) is 1. The number of oxazole rings is 1. The first kappa shape index (κ1) is 14.1. The van der Waals surface area contributed by atoms with Gasteiger partial charge in [0.05, 0.1) is 11.8 Å². The summed E-state index contributed by atoms with van der Waals surface area (Å²) < 4.78 is 11.0. The number of hydrogen-bond acceptors (Lipinski definition) is 4. The van der Waals surface area contributed by atoms with E-state index in [2.05, 4.69) is 24.1 Å². The van der Waals surface area contributed by atoms with E-state index in [4.69, 9.17) is 9.15 Å². The third-order valence-corrected chi connectivity index (χ3v) is 3.56. The highest BCUT2D eigenvalue weighted by atomic mass is 16.5. The molecule has 0 saturated carbocycles. The molecule has 2 atom stereocenters. The van der Waals surface area contributed by atoms with Gasteiger partial charge in [-0.2, -0.15) is 0 Å². The van der Waals surface area contributed by atoms with Crippen LogP contribution in [0.1, 0.15) is 42.4 Å². The molecule has 2 heterocycles. The fourth-order valence-corrected chi connectivity index (χ4v) is 2.66. The van der Waals surface area contributed by atoms with Gasteiger partial charge in [-0.05, 0) is 19.3 Å². The summed E-state index contributed by atoms with van der Waals surface area (Å²) in [5, 5.41) is 2.93. The van der Waals surface area contributed by atoms with E-state index in [9.17, 15) is 4.79 Å². The van der Waals surface area contributed by atoms with Gasteiger partial charge < -0.3 is 14.5 Å². The van der Waals surface area contributed by atoms with E-state index in [1.54, 1.807) is 13.8 Å². The van der Waals surface area contributed by atoms with Crippen LogP contribution in [-0.2, 0) is 4.74 Å². The minimum Gasteiger partial charge on any atom is -0.436 e. The molecule has 0 bridgehead atoms. The molecule has 0 aliphatic carbocycles. The predicted molar refractivity (Wildman–Crippen MR) is 71.0 cm³/mol. The highest BCUT2D eigenvalue weighted by Crippen LogP contribution is 2.26. The standard InChI is InChI=1S/C14H22N2O3/c1-8(2)12-11(5-6-18-12)7-15-14(17)13-9(3)16-10(4)19-13/h8,11-12H,5-7H2,1-4H3,(H,15,17)/t11-,12-/m0/s1. The van der Waals surface area contributed by atoms with Crippen LogP contribution in [0.25, 0.3) is 0 Å². The number of amides is 1. The van der Waals surface area contributed by atoms with Crippen LogP contribution in [0.5, 0.6) is 0 Å². The summed E-state index contributed by atoms with van der Waals surface area (Å²) in [5.41, 5.74) is 0.637. The van der Waals surface area contributed by atoms with Gasteiger partial charge in [0.1, 0.15) is 0 Å². The van der Waals surface area contributed by atoms with Gasteiger partial charge in [-0.1, -0.05) is 13.8 Å². The van der Waals surface area contributed by atoms with Crippen LogP contribution in [0, 0.1) is 25.7 Å². The molecule has 1 N–H and O–H groups in total. The Bertz CT molecular complexity index is 454. The van der Waals surface area contributed by atoms with Crippen molar-refractivity contribution in [1.82, 2.24) is 10.3 Å². The summed E-state index contributed by atoms with van der Waals surface area (Å²) in [5.74, 6) is 1.50. The van der Waals surface area contributed by atoms with Crippen molar-refractivity contribution < 1.29 is 13.9 Å². The van der Waals surface area contributed by atoms with E-state index in [0.717, 1.165) is 13.0 Å². The van der Waals surface area contributed by atoms with Crippen molar-refractivity contribution >= 4 is 5.91 Å². The number of hydrogen-bond donors (Lipinski definition) is 1. The summed E-state index contributed by atoms with van der Waals surface area (Å²) >= 11 is 0. The van der Waals surface area contributed by atoms with Crippen LogP contribution in [0.15, 0.2) is 4.42 Å². The SMILES string of the molecule is Cc1nc(C)c(C(=O)NC[C@@H]2CCO[C@H]2C(C)C)o1. The van der Waals surface area contributed by atoms with E-state index in [1.165, 1.54) is 0 Å². The van der Waals surface area contributed by atoms with Crippen molar-refractivity contribution in [2.24, 2.45) is 11.8 Å². The fourth-order valence-electron chi connectivity index (χ4n) is 2.66.